The molecule has 0 aromatic rings. The third-order valence-corrected chi connectivity index (χ3v) is 3.77. The third-order valence-electron chi connectivity index (χ3n) is 1.25. The topological polar surface area (TPSA) is 61.8 Å². The lowest BCUT2D eigenvalue weighted by Crippen LogP contribution is -2.33. The van der Waals surface area contributed by atoms with Crippen molar-refractivity contribution in [3.8, 4) is 0 Å². The van der Waals surface area contributed by atoms with Gasteiger partial charge in [0.1, 0.15) is 9.65 Å². The van der Waals surface area contributed by atoms with Crippen LogP contribution in [0.5, 0.6) is 0 Å². The maximum absolute atomic E-state index is 11.2. The zero-order valence-electron chi connectivity index (χ0n) is 8.37. The van der Waals surface area contributed by atoms with Crippen molar-refractivity contribution in [1.29, 1.82) is 0 Å². The number of alkyl halides is 2. The van der Waals surface area contributed by atoms with Gasteiger partial charge in [0.25, 0.3) is 0 Å². The molecule has 0 aliphatic carbocycles. The van der Waals surface area contributed by atoms with Gasteiger partial charge < -0.3 is 4.74 Å². The molecule has 2 atom stereocenters. The summed E-state index contributed by atoms with van der Waals surface area (Å²) in [6.07, 6.45) is 0. The zero-order chi connectivity index (χ0) is 11.8. The smallest absolute Gasteiger partial charge is 0.357 e. The molecule has 0 bridgehead atoms. The van der Waals surface area contributed by atoms with E-state index >= 15 is 0 Å². The van der Waals surface area contributed by atoms with Crippen molar-refractivity contribution in [2.45, 2.75) is 23.5 Å². The highest BCUT2D eigenvalue weighted by Gasteiger charge is 2.32. The maximum Gasteiger partial charge on any atom is 0.357 e. The molecule has 0 amide bonds. The van der Waals surface area contributed by atoms with Crippen LogP contribution in [0.3, 0.4) is 0 Å². The van der Waals surface area contributed by atoms with E-state index in [4.69, 9.17) is 4.74 Å². The predicted molar refractivity (Wildman–Crippen MR) is 59.8 cm³/mol. The van der Waals surface area contributed by atoms with Crippen molar-refractivity contribution >= 4 is 43.8 Å². The monoisotopic (exact) mass is 346 g/mol. The van der Waals surface area contributed by atoms with E-state index in [-0.39, 0.29) is 13.2 Å². The lowest BCUT2D eigenvalue weighted by Gasteiger charge is -2.13. The van der Waals surface area contributed by atoms with E-state index in [0.29, 0.717) is 0 Å². The van der Waals surface area contributed by atoms with Crippen LogP contribution in [0, 0.1) is 0 Å². The predicted octanol–water partition coefficient (Wildman–Crippen LogP) is 1.57. The van der Waals surface area contributed by atoms with E-state index in [1.165, 1.54) is 0 Å². The Morgan fingerprint density at radius 2 is 1.60 bits per heavy atom. The minimum absolute atomic E-state index is 0.248. The molecule has 0 spiro atoms. The van der Waals surface area contributed by atoms with Crippen LogP contribution in [0.2, 0.25) is 0 Å². The molecule has 88 valence electrons. The first-order valence-corrected chi connectivity index (χ1v) is 6.15. The van der Waals surface area contributed by atoms with Gasteiger partial charge in [-0.25, -0.2) is 4.79 Å². The van der Waals surface area contributed by atoms with E-state index in [1.54, 1.807) is 13.8 Å². The van der Waals surface area contributed by atoms with Crippen LogP contribution in [0.15, 0.2) is 0 Å². The van der Waals surface area contributed by atoms with Gasteiger partial charge in [0, 0.05) is 0 Å². The fourth-order valence-electron chi connectivity index (χ4n) is 0.624. The summed E-state index contributed by atoms with van der Waals surface area (Å²) in [7, 11) is 0. The summed E-state index contributed by atoms with van der Waals surface area (Å²) in [5.41, 5.74) is 0. The molecule has 5 nitrogen and oxygen atoms in total. The van der Waals surface area contributed by atoms with Gasteiger partial charge in [-0.3, -0.25) is 9.68 Å². The highest BCUT2D eigenvalue weighted by atomic mass is 79.9. The molecule has 0 aliphatic rings. The molecule has 7 heteroatoms. The summed E-state index contributed by atoms with van der Waals surface area (Å²) in [6.45, 7) is 3.85. The van der Waals surface area contributed by atoms with Crippen LogP contribution in [0.1, 0.15) is 13.8 Å². The summed E-state index contributed by atoms with van der Waals surface area (Å²) in [4.78, 5) is 29.6. The standard InChI is InChI=1S/C8H12Br2O5/c1-3-13-7(11)5(9)6(10)8(12)15-14-4-2/h5-6H,3-4H2,1-2H3. The van der Waals surface area contributed by atoms with Crippen molar-refractivity contribution in [3.05, 3.63) is 0 Å². The number of carbonyl (C=O) groups excluding carboxylic acids is 2. The zero-order valence-corrected chi connectivity index (χ0v) is 11.5. The fraction of sp³-hybridized carbons (Fsp3) is 0.750. The molecule has 0 saturated heterocycles. The van der Waals surface area contributed by atoms with Crippen molar-refractivity contribution in [2.75, 3.05) is 13.2 Å². The van der Waals surface area contributed by atoms with E-state index in [0.717, 1.165) is 0 Å². The average Bonchev–Trinajstić information content (AvgIpc) is 2.24. The molecule has 0 aromatic heterocycles. The molecule has 0 N–H and O–H groups in total. The lowest BCUT2D eigenvalue weighted by molar-refractivity contribution is -0.268. The maximum atomic E-state index is 11.2. The number of rotatable bonds is 6. The van der Waals surface area contributed by atoms with Gasteiger partial charge in [-0.1, -0.05) is 31.9 Å². The van der Waals surface area contributed by atoms with Crippen LogP contribution >= 0.6 is 31.9 Å². The van der Waals surface area contributed by atoms with Crippen LogP contribution in [-0.2, 0) is 24.1 Å². The average molecular weight is 348 g/mol. The summed E-state index contributed by atoms with van der Waals surface area (Å²) in [5.74, 6) is -1.22. The first-order chi connectivity index (χ1) is 7.04. The summed E-state index contributed by atoms with van der Waals surface area (Å²) < 4.78 is 4.72. The number of hydrogen-bond acceptors (Lipinski definition) is 5. The van der Waals surface area contributed by atoms with Crippen molar-refractivity contribution in [3.63, 3.8) is 0 Å². The van der Waals surface area contributed by atoms with Gasteiger partial charge in [-0.2, -0.15) is 4.89 Å². The molecule has 0 heterocycles. The highest BCUT2D eigenvalue weighted by molar-refractivity contribution is 9.12. The van der Waals surface area contributed by atoms with Gasteiger partial charge >= 0.3 is 11.9 Å². The third kappa shape index (κ3) is 5.48. The van der Waals surface area contributed by atoms with Gasteiger partial charge in [0.05, 0.1) is 13.2 Å². The fourth-order valence-corrected chi connectivity index (χ4v) is 1.26. The first-order valence-electron chi connectivity index (χ1n) is 4.32. The Morgan fingerprint density at radius 1 is 1.07 bits per heavy atom. The van der Waals surface area contributed by atoms with Gasteiger partial charge in [0.15, 0.2) is 0 Å². The SMILES string of the molecule is CCOOC(=O)C(Br)C(Br)C(=O)OCC. The van der Waals surface area contributed by atoms with Crippen molar-refractivity contribution < 1.29 is 24.1 Å². The Balaban J connectivity index is 4.11. The minimum atomic E-state index is -0.844. The van der Waals surface area contributed by atoms with Crippen molar-refractivity contribution in [1.82, 2.24) is 0 Å². The molecule has 0 radical (unpaired) electrons. The van der Waals surface area contributed by atoms with E-state index in [2.05, 4.69) is 41.6 Å². The molecule has 0 aromatic carbocycles. The Labute approximate surface area is 105 Å². The summed E-state index contributed by atoms with van der Waals surface area (Å²) in [5, 5.41) is 0. The molecular weight excluding hydrogens is 336 g/mol. The minimum Gasteiger partial charge on any atom is -0.465 e. The largest absolute Gasteiger partial charge is 0.465 e. The van der Waals surface area contributed by atoms with Crippen molar-refractivity contribution in [2.24, 2.45) is 0 Å². The Bertz CT molecular complexity index is 221. The number of esters is 1. The van der Waals surface area contributed by atoms with Gasteiger partial charge in [-0.05, 0) is 13.8 Å². The Kier molecular flexibility index (Phi) is 7.99. The van der Waals surface area contributed by atoms with Crippen LogP contribution in [-0.4, -0.2) is 34.8 Å². The number of halogens is 2. The first kappa shape index (κ1) is 14.9. The van der Waals surface area contributed by atoms with Crippen LogP contribution in [0.25, 0.3) is 0 Å². The number of carbonyl (C=O) groups is 2. The van der Waals surface area contributed by atoms with Gasteiger partial charge in [0.2, 0.25) is 0 Å². The van der Waals surface area contributed by atoms with Gasteiger partial charge in [-0.15, -0.1) is 0 Å². The quantitative estimate of drug-likeness (QED) is 0.316. The Hall–Kier alpha value is -0.140. The Morgan fingerprint density at radius 3 is 2.07 bits per heavy atom. The molecular formula is C8H12Br2O5. The molecule has 15 heavy (non-hydrogen) atoms. The second-order valence-electron chi connectivity index (χ2n) is 2.36. The molecule has 0 aliphatic heterocycles. The normalized spacial score (nSPS) is 14.1. The molecule has 0 rings (SSSR count). The van der Waals surface area contributed by atoms with Crippen LogP contribution in [0.4, 0.5) is 0 Å². The van der Waals surface area contributed by atoms with E-state index in [1.807, 2.05) is 0 Å². The molecule has 2 unspecified atom stereocenters. The van der Waals surface area contributed by atoms with E-state index < -0.39 is 21.6 Å². The molecule has 0 fully saturated rings. The van der Waals surface area contributed by atoms with E-state index in [9.17, 15) is 9.59 Å². The number of hydrogen-bond donors (Lipinski definition) is 0. The second kappa shape index (κ2) is 8.06. The van der Waals surface area contributed by atoms with Crippen LogP contribution < -0.4 is 0 Å². The summed E-state index contributed by atoms with van der Waals surface area (Å²) in [6, 6.07) is 0. The highest BCUT2D eigenvalue weighted by Crippen LogP contribution is 2.17. The second-order valence-corrected chi connectivity index (χ2v) is 4.34. The summed E-state index contributed by atoms with van der Waals surface area (Å²) >= 11 is 6.03. The lowest BCUT2D eigenvalue weighted by atomic mass is 10.3. The molecule has 0 saturated carbocycles. The number of ether oxygens (including phenoxy) is 1.